The summed E-state index contributed by atoms with van der Waals surface area (Å²) >= 11 is 5.67. The van der Waals surface area contributed by atoms with Crippen molar-refractivity contribution < 1.29 is 13.2 Å². The second-order valence-corrected chi connectivity index (χ2v) is 7.78. The minimum atomic E-state index is -2.96. The molecule has 104 valence electrons. The van der Waals surface area contributed by atoms with E-state index in [-0.39, 0.29) is 35.4 Å². The van der Waals surface area contributed by atoms with E-state index in [1.165, 1.54) is 6.42 Å². The average molecular weight is 294 g/mol. The highest BCUT2D eigenvalue weighted by Gasteiger charge is 2.38. The van der Waals surface area contributed by atoms with Crippen LogP contribution in [0.2, 0.25) is 0 Å². The van der Waals surface area contributed by atoms with Gasteiger partial charge in [0.2, 0.25) is 5.91 Å². The summed E-state index contributed by atoms with van der Waals surface area (Å²) in [6.07, 6.45) is 5.99. The number of hydrogen-bond acceptors (Lipinski definition) is 3. The molecular weight excluding hydrogens is 274 g/mol. The molecule has 1 atom stereocenters. The molecule has 1 amide bonds. The first kappa shape index (κ1) is 14.1. The molecule has 1 heterocycles. The highest BCUT2D eigenvalue weighted by atomic mass is 35.5. The number of sulfone groups is 1. The van der Waals surface area contributed by atoms with Crippen LogP contribution < -0.4 is 0 Å². The molecule has 0 radical (unpaired) electrons. The van der Waals surface area contributed by atoms with Crippen LogP contribution in [0.25, 0.3) is 0 Å². The highest BCUT2D eigenvalue weighted by Crippen LogP contribution is 2.28. The molecule has 0 unspecified atom stereocenters. The monoisotopic (exact) mass is 293 g/mol. The predicted octanol–water partition coefficient (Wildman–Crippen LogP) is 1.57. The minimum Gasteiger partial charge on any atom is -0.335 e. The van der Waals surface area contributed by atoms with Crippen LogP contribution in [0.3, 0.4) is 0 Å². The Morgan fingerprint density at radius 2 is 1.78 bits per heavy atom. The molecule has 0 aromatic carbocycles. The summed E-state index contributed by atoms with van der Waals surface area (Å²) in [7, 11) is -2.96. The standard InChI is InChI=1S/C12H20ClNO3S/c13-8-12(15)14(10-4-2-1-3-5-10)11-6-7-18(16,17)9-11/h10-11H,1-9H2/t11-/m1/s1. The van der Waals surface area contributed by atoms with Crippen molar-refractivity contribution >= 4 is 27.3 Å². The van der Waals surface area contributed by atoms with Crippen LogP contribution in [0.15, 0.2) is 0 Å². The fourth-order valence-corrected chi connectivity index (χ4v) is 4.98. The molecule has 1 saturated carbocycles. The molecule has 18 heavy (non-hydrogen) atoms. The Morgan fingerprint density at radius 1 is 1.11 bits per heavy atom. The summed E-state index contributed by atoms with van der Waals surface area (Å²) in [6, 6.07) is 0.0487. The second kappa shape index (κ2) is 5.78. The SMILES string of the molecule is O=C(CCl)N(C1CCCCC1)[C@@H]1CCS(=O)(=O)C1. The number of halogens is 1. The van der Waals surface area contributed by atoms with Crippen LogP contribution in [0.5, 0.6) is 0 Å². The van der Waals surface area contributed by atoms with Gasteiger partial charge in [0, 0.05) is 12.1 Å². The third-order valence-electron chi connectivity index (χ3n) is 3.97. The maximum atomic E-state index is 12.0. The van der Waals surface area contributed by atoms with Crippen LogP contribution >= 0.6 is 11.6 Å². The maximum Gasteiger partial charge on any atom is 0.238 e. The van der Waals surface area contributed by atoms with E-state index in [0.29, 0.717) is 6.42 Å². The smallest absolute Gasteiger partial charge is 0.238 e. The van der Waals surface area contributed by atoms with Gasteiger partial charge in [-0.15, -0.1) is 11.6 Å². The molecule has 0 spiro atoms. The molecule has 1 saturated heterocycles. The fraction of sp³-hybridized carbons (Fsp3) is 0.917. The Balaban J connectivity index is 2.12. The van der Waals surface area contributed by atoms with Gasteiger partial charge in [-0.2, -0.15) is 0 Å². The molecule has 2 rings (SSSR count). The molecule has 0 aromatic rings. The molecule has 0 bridgehead atoms. The van der Waals surface area contributed by atoms with E-state index < -0.39 is 9.84 Å². The van der Waals surface area contributed by atoms with E-state index in [1.54, 1.807) is 4.90 Å². The number of carbonyl (C=O) groups excluding carboxylic acids is 1. The molecule has 0 N–H and O–H groups in total. The zero-order chi connectivity index (χ0) is 13.2. The Hall–Kier alpha value is -0.290. The van der Waals surface area contributed by atoms with Crippen LogP contribution in [0.4, 0.5) is 0 Å². The largest absolute Gasteiger partial charge is 0.335 e. The molecular formula is C12H20ClNO3S. The lowest BCUT2D eigenvalue weighted by Gasteiger charge is -2.38. The number of alkyl halides is 1. The van der Waals surface area contributed by atoms with Crippen LogP contribution in [-0.4, -0.2) is 48.7 Å². The average Bonchev–Trinajstić information content (AvgIpc) is 2.71. The van der Waals surface area contributed by atoms with Crippen molar-refractivity contribution in [2.24, 2.45) is 0 Å². The summed E-state index contributed by atoms with van der Waals surface area (Å²) in [4.78, 5) is 13.8. The Morgan fingerprint density at radius 3 is 2.28 bits per heavy atom. The number of hydrogen-bond donors (Lipinski definition) is 0. The van der Waals surface area contributed by atoms with E-state index in [0.717, 1.165) is 25.7 Å². The Kier molecular flexibility index (Phi) is 4.54. The van der Waals surface area contributed by atoms with E-state index in [1.807, 2.05) is 0 Å². The zero-order valence-corrected chi connectivity index (χ0v) is 12.0. The lowest BCUT2D eigenvalue weighted by Crippen LogP contribution is -2.49. The summed E-state index contributed by atoms with van der Waals surface area (Å²) in [5.41, 5.74) is 0. The quantitative estimate of drug-likeness (QED) is 0.742. The van der Waals surface area contributed by atoms with Gasteiger partial charge in [-0.05, 0) is 19.3 Å². The van der Waals surface area contributed by atoms with Crippen molar-refractivity contribution in [1.29, 1.82) is 0 Å². The van der Waals surface area contributed by atoms with Crippen molar-refractivity contribution in [1.82, 2.24) is 4.90 Å². The number of rotatable bonds is 3. The van der Waals surface area contributed by atoms with Gasteiger partial charge in [0.15, 0.2) is 9.84 Å². The van der Waals surface area contributed by atoms with Crippen molar-refractivity contribution in [3.05, 3.63) is 0 Å². The molecule has 2 aliphatic rings. The third-order valence-corrected chi connectivity index (χ3v) is 5.95. The maximum absolute atomic E-state index is 12.0. The van der Waals surface area contributed by atoms with Gasteiger partial charge >= 0.3 is 0 Å². The van der Waals surface area contributed by atoms with Gasteiger partial charge in [-0.25, -0.2) is 8.42 Å². The Bertz CT molecular complexity index is 404. The summed E-state index contributed by atoms with van der Waals surface area (Å²) in [5.74, 6) is 0.168. The van der Waals surface area contributed by atoms with Crippen molar-refractivity contribution in [2.75, 3.05) is 17.4 Å². The normalized spacial score (nSPS) is 28.2. The van der Waals surface area contributed by atoms with Gasteiger partial charge in [0.25, 0.3) is 0 Å². The minimum absolute atomic E-state index is 0.0486. The van der Waals surface area contributed by atoms with Gasteiger partial charge in [-0.1, -0.05) is 19.3 Å². The van der Waals surface area contributed by atoms with Crippen LogP contribution in [-0.2, 0) is 14.6 Å². The van der Waals surface area contributed by atoms with E-state index in [2.05, 4.69) is 0 Å². The van der Waals surface area contributed by atoms with E-state index in [4.69, 9.17) is 11.6 Å². The summed E-state index contributed by atoms with van der Waals surface area (Å²) in [5, 5.41) is 0. The number of nitrogens with zero attached hydrogens (tertiary/aromatic N) is 1. The zero-order valence-electron chi connectivity index (χ0n) is 10.5. The van der Waals surface area contributed by atoms with Crippen molar-refractivity contribution in [3.8, 4) is 0 Å². The molecule has 4 nitrogen and oxygen atoms in total. The lowest BCUT2D eigenvalue weighted by atomic mass is 9.93. The second-order valence-electron chi connectivity index (χ2n) is 5.28. The number of amides is 1. The summed E-state index contributed by atoms with van der Waals surface area (Å²) < 4.78 is 23.1. The van der Waals surface area contributed by atoms with Gasteiger partial charge in [-0.3, -0.25) is 4.79 Å². The van der Waals surface area contributed by atoms with Crippen LogP contribution in [0.1, 0.15) is 38.5 Å². The van der Waals surface area contributed by atoms with Crippen molar-refractivity contribution in [3.63, 3.8) is 0 Å². The lowest BCUT2D eigenvalue weighted by molar-refractivity contribution is -0.133. The van der Waals surface area contributed by atoms with E-state index in [9.17, 15) is 13.2 Å². The number of carbonyl (C=O) groups is 1. The fourth-order valence-electron chi connectivity index (χ4n) is 3.13. The first-order valence-electron chi connectivity index (χ1n) is 6.61. The van der Waals surface area contributed by atoms with Crippen molar-refractivity contribution in [2.45, 2.75) is 50.6 Å². The van der Waals surface area contributed by atoms with Gasteiger partial charge in [0.05, 0.1) is 11.5 Å². The van der Waals surface area contributed by atoms with Gasteiger partial charge < -0.3 is 4.90 Å². The molecule has 1 aliphatic heterocycles. The first-order valence-corrected chi connectivity index (χ1v) is 8.96. The third kappa shape index (κ3) is 3.18. The molecule has 1 aliphatic carbocycles. The topological polar surface area (TPSA) is 54.5 Å². The Labute approximate surface area is 114 Å². The predicted molar refractivity (Wildman–Crippen MR) is 71.5 cm³/mol. The first-order chi connectivity index (χ1) is 8.53. The van der Waals surface area contributed by atoms with Crippen LogP contribution in [0, 0.1) is 0 Å². The molecule has 0 aromatic heterocycles. The molecule has 6 heteroatoms. The summed E-state index contributed by atoms with van der Waals surface area (Å²) in [6.45, 7) is 0. The van der Waals surface area contributed by atoms with E-state index >= 15 is 0 Å². The van der Waals surface area contributed by atoms with Gasteiger partial charge in [0.1, 0.15) is 5.88 Å². The molecule has 2 fully saturated rings. The highest BCUT2D eigenvalue weighted by molar-refractivity contribution is 7.91.